The van der Waals surface area contributed by atoms with Gasteiger partial charge in [0.15, 0.2) is 0 Å². The van der Waals surface area contributed by atoms with Gasteiger partial charge in [0.1, 0.15) is 27.9 Å². The molecule has 4 rings (SSSR count). The van der Waals surface area contributed by atoms with E-state index in [1.165, 1.54) is 38.5 Å². The van der Waals surface area contributed by atoms with Gasteiger partial charge in [0.25, 0.3) is 11.8 Å². The standard InChI is InChI=1S/C29H28FN3O5S/c1-17(2)14-25(34)31-20-6-5-7-22(15-20)39-27-26(32-19-10-8-18(30)9-11-19)28(35)33(29(27)36)23-13-12-21(37-3)16-24(23)38-4/h5-13,15-17,32H,14H2,1-4H3,(H,31,34). The van der Waals surface area contributed by atoms with Crippen LogP contribution in [0.1, 0.15) is 20.3 Å². The smallest absolute Gasteiger partial charge is 0.283 e. The Morgan fingerprint density at radius 1 is 0.949 bits per heavy atom. The molecule has 8 nitrogen and oxygen atoms in total. The van der Waals surface area contributed by atoms with E-state index in [1.54, 1.807) is 42.5 Å². The molecule has 0 radical (unpaired) electrons. The summed E-state index contributed by atoms with van der Waals surface area (Å²) in [6.07, 6.45) is 0.375. The minimum atomic E-state index is -0.600. The molecule has 202 valence electrons. The third kappa shape index (κ3) is 6.40. The number of ether oxygens (including phenoxy) is 2. The molecular formula is C29H28FN3O5S. The fourth-order valence-electron chi connectivity index (χ4n) is 3.92. The molecule has 3 amide bonds. The molecule has 0 saturated carbocycles. The van der Waals surface area contributed by atoms with E-state index in [2.05, 4.69) is 10.6 Å². The van der Waals surface area contributed by atoms with Gasteiger partial charge in [0.2, 0.25) is 5.91 Å². The molecule has 2 N–H and O–H groups in total. The van der Waals surface area contributed by atoms with Crippen LogP contribution in [-0.4, -0.2) is 31.9 Å². The van der Waals surface area contributed by atoms with Crippen molar-refractivity contribution in [1.82, 2.24) is 0 Å². The number of carbonyl (C=O) groups excluding carboxylic acids is 3. The molecule has 0 aromatic heterocycles. The first-order valence-corrected chi connectivity index (χ1v) is 13.0. The Labute approximate surface area is 230 Å². The zero-order valence-corrected chi connectivity index (χ0v) is 22.7. The maximum atomic E-state index is 13.8. The van der Waals surface area contributed by atoms with Crippen LogP contribution in [-0.2, 0) is 14.4 Å². The van der Waals surface area contributed by atoms with Crippen molar-refractivity contribution in [2.45, 2.75) is 25.2 Å². The highest BCUT2D eigenvalue weighted by molar-refractivity contribution is 8.04. The van der Waals surface area contributed by atoms with Crippen molar-refractivity contribution in [2.75, 3.05) is 29.8 Å². The van der Waals surface area contributed by atoms with Crippen LogP contribution < -0.4 is 25.0 Å². The van der Waals surface area contributed by atoms with E-state index >= 15 is 0 Å². The largest absolute Gasteiger partial charge is 0.497 e. The highest BCUT2D eigenvalue weighted by Gasteiger charge is 2.41. The van der Waals surface area contributed by atoms with Crippen LogP contribution in [0.5, 0.6) is 11.5 Å². The molecule has 10 heteroatoms. The van der Waals surface area contributed by atoms with E-state index in [9.17, 15) is 18.8 Å². The number of thioether (sulfide) groups is 1. The second kappa shape index (κ2) is 12.0. The molecule has 39 heavy (non-hydrogen) atoms. The van der Waals surface area contributed by atoms with Crippen molar-refractivity contribution < 1.29 is 28.2 Å². The summed E-state index contributed by atoms with van der Waals surface area (Å²) in [5, 5.41) is 5.86. The number of halogens is 1. The normalized spacial score (nSPS) is 13.2. The zero-order chi connectivity index (χ0) is 28.1. The summed E-state index contributed by atoms with van der Waals surface area (Å²) >= 11 is 1.08. The molecule has 1 aliphatic heterocycles. The van der Waals surface area contributed by atoms with Gasteiger partial charge in [-0.05, 0) is 60.5 Å². The fourth-order valence-corrected chi connectivity index (χ4v) is 4.91. The van der Waals surface area contributed by atoms with Gasteiger partial charge in [-0.15, -0.1) is 0 Å². The molecule has 0 aliphatic carbocycles. The maximum absolute atomic E-state index is 13.8. The summed E-state index contributed by atoms with van der Waals surface area (Å²) in [5.41, 5.74) is 1.29. The lowest BCUT2D eigenvalue weighted by atomic mass is 10.1. The Morgan fingerprint density at radius 2 is 1.69 bits per heavy atom. The first-order valence-electron chi connectivity index (χ1n) is 12.2. The van der Waals surface area contributed by atoms with E-state index in [4.69, 9.17) is 9.47 Å². The predicted molar refractivity (Wildman–Crippen MR) is 149 cm³/mol. The Balaban J connectivity index is 1.70. The Bertz CT molecular complexity index is 1440. The Hall–Kier alpha value is -4.31. The van der Waals surface area contributed by atoms with Gasteiger partial charge in [0, 0.05) is 28.8 Å². The molecule has 3 aromatic carbocycles. The van der Waals surface area contributed by atoms with Crippen LogP contribution in [0.25, 0.3) is 0 Å². The number of carbonyl (C=O) groups is 3. The van der Waals surface area contributed by atoms with Gasteiger partial charge < -0.3 is 20.1 Å². The van der Waals surface area contributed by atoms with Gasteiger partial charge in [-0.25, -0.2) is 9.29 Å². The van der Waals surface area contributed by atoms with Crippen LogP contribution in [0.3, 0.4) is 0 Å². The van der Waals surface area contributed by atoms with E-state index in [1.807, 2.05) is 13.8 Å². The number of benzene rings is 3. The molecule has 0 atom stereocenters. The lowest BCUT2D eigenvalue weighted by Crippen LogP contribution is -2.32. The number of amides is 3. The first kappa shape index (κ1) is 27.7. The van der Waals surface area contributed by atoms with Gasteiger partial charge >= 0.3 is 0 Å². The molecule has 3 aromatic rings. The zero-order valence-electron chi connectivity index (χ0n) is 21.9. The monoisotopic (exact) mass is 549 g/mol. The van der Waals surface area contributed by atoms with Crippen molar-refractivity contribution in [2.24, 2.45) is 5.92 Å². The molecular weight excluding hydrogens is 521 g/mol. The molecule has 0 spiro atoms. The van der Waals surface area contributed by atoms with Gasteiger partial charge in [-0.1, -0.05) is 31.7 Å². The highest BCUT2D eigenvalue weighted by Crippen LogP contribution is 2.42. The summed E-state index contributed by atoms with van der Waals surface area (Å²) in [4.78, 5) is 41.5. The third-order valence-electron chi connectivity index (χ3n) is 5.71. The second-order valence-corrected chi connectivity index (χ2v) is 10.2. The number of nitrogens with one attached hydrogen (secondary N) is 2. The van der Waals surface area contributed by atoms with Crippen molar-refractivity contribution in [3.8, 4) is 11.5 Å². The lowest BCUT2D eigenvalue weighted by molar-refractivity contribution is -0.120. The van der Waals surface area contributed by atoms with Crippen LogP contribution in [0.2, 0.25) is 0 Å². The van der Waals surface area contributed by atoms with Gasteiger partial charge in [-0.2, -0.15) is 0 Å². The Morgan fingerprint density at radius 3 is 2.36 bits per heavy atom. The topological polar surface area (TPSA) is 97.0 Å². The maximum Gasteiger partial charge on any atom is 0.283 e. The van der Waals surface area contributed by atoms with E-state index in [0.29, 0.717) is 28.4 Å². The average molecular weight is 550 g/mol. The number of nitrogens with zero attached hydrogens (tertiary/aromatic N) is 1. The number of imide groups is 1. The lowest BCUT2D eigenvalue weighted by Gasteiger charge is -2.19. The summed E-state index contributed by atoms with van der Waals surface area (Å²) in [7, 11) is 2.93. The minimum absolute atomic E-state index is 0.0312. The molecule has 0 unspecified atom stereocenters. The van der Waals surface area contributed by atoms with Crippen LogP contribution in [0.15, 0.2) is 82.2 Å². The number of anilines is 3. The number of hydrogen-bond acceptors (Lipinski definition) is 7. The van der Waals surface area contributed by atoms with Crippen LogP contribution in [0.4, 0.5) is 21.5 Å². The second-order valence-electron chi connectivity index (χ2n) is 9.10. The average Bonchev–Trinajstić information content (AvgIpc) is 3.13. The van der Waals surface area contributed by atoms with E-state index < -0.39 is 17.6 Å². The van der Waals surface area contributed by atoms with Crippen molar-refractivity contribution >= 4 is 46.5 Å². The van der Waals surface area contributed by atoms with E-state index in [-0.39, 0.29) is 33.9 Å². The molecule has 0 saturated heterocycles. The fraction of sp³-hybridized carbons (Fsp3) is 0.207. The molecule has 1 aliphatic rings. The summed E-state index contributed by atoms with van der Waals surface area (Å²) in [6, 6.07) is 17.3. The summed E-state index contributed by atoms with van der Waals surface area (Å²) < 4.78 is 24.2. The highest BCUT2D eigenvalue weighted by atomic mass is 32.2. The van der Waals surface area contributed by atoms with Crippen LogP contribution >= 0.6 is 11.8 Å². The van der Waals surface area contributed by atoms with Crippen LogP contribution in [0, 0.1) is 11.7 Å². The van der Waals surface area contributed by atoms with Gasteiger partial charge in [-0.3, -0.25) is 14.4 Å². The van der Waals surface area contributed by atoms with E-state index in [0.717, 1.165) is 16.7 Å². The molecule has 0 fully saturated rings. The van der Waals surface area contributed by atoms with Crippen molar-refractivity contribution in [3.63, 3.8) is 0 Å². The first-order chi connectivity index (χ1) is 18.7. The molecule has 0 bridgehead atoms. The number of rotatable bonds is 10. The predicted octanol–water partition coefficient (Wildman–Crippen LogP) is 5.82. The minimum Gasteiger partial charge on any atom is -0.497 e. The number of hydrogen-bond donors (Lipinski definition) is 2. The third-order valence-corrected chi connectivity index (χ3v) is 6.79. The SMILES string of the molecule is COc1ccc(N2C(=O)C(Nc3ccc(F)cc3)=C(Sc3cccc(NC(=O)CC(C)C)c3)C2=O)c(OC)c1. The number of methoxy groups -OCH3 is 2. The summed E-state index contributed by atoms with van der Waals surface area (Å²) in [6.45, 7) is 3.92. The quantitative estimate of drug-likeness (QED) is 0.308. The summed E-state index contributed by atoms with van der Waals surface area (Å²) in [5.74, 6) is -0.731. The van der Waals surface area contributed by atoms with Crippen molar-refractivity contribution in [1.29, 1.82) is 0 Å². The van der Waals surface area contributed by atoms with Crippen molar-refractivity contribution in [3.05, 3.63) is 83.1 Å². The Kier molecular flexibility index (Phi) is 8.55. The molecule has 1 heterocycles. The van der Waals surface area contributed by atoms with Gasteiger partial charge in [0.05, 0.1) is 19.9 Å².